The maximum atomic E-state index is 11.9. The summed E-state index contributed by atoms with van der Waals surface area (Å²) < 4.78 is 35.6. The zero-order valence-corrected chi connectivity index (χ0v) is 6.56. The van der Waals surface area contributed by atoms with E-state index in [-0.39, 0.29) is 6.54 Å². The zero-order valence-electron chi connectivity index (χ0n) is 6.56. The van der Waals surface area contributed by atoms with Gasteiger partial charge < -0.3 is 11.1 Å². The van der Waals surface area contributed by atoms with E-state index >= 15 is 0 Å². The summed E-state index contributed by atoms with van der Waals surface area (Å²) >= 11 is 0. The molecular weight excluding hydrogens is 187 g/mol. The second kappa shape index (κ2) is 4.67. The number of hydrogen-bond donors (Lipinski definition) is 2. The predicted molar refractivity (Wildman–Crippen MR) is 37.2 cm³/mol. The van der Waals surface area contributed by atoms with Crippen LogP contribution >= 0.6 is 0 Å². The molecule has 1 amide bonds. The quantitative estimate of drug-likeness (QED) is 0.649. The lowest BCUT2D eigenvalue weighted by atomic mass is 10.1. The molecule has 0 fully saturated rings. The first kappa shape index (κ1) is 11.7. The molecule has 13 heavy (non-hydrogen) atoms. The van der Waals surface area contributed by atoms with E-state index in [1.807, 2.05) is 0 Å². The van der Waals surface area contributed by atoms with Gasteiger partial charge in [0.25, 0.3) is 0 Å². The van der Waals surface area contributed by atoms with Gasteiger partial charge in [-0.15, -0.1) is 0 Å². The Hall–Kier alpha value is -1.29. The number of amides is 1. The van der Waals surface area contributed by atoms with Crippen LogP contribution in [0.3, 0.4) is 0 Å². The molecule has 0 saturated heterocycles. The van der Waals surface area contributed by atoms with Gasteiger partial charge in [-0.3, -0.25) is 4.79 Å². The topological polar surface area (TPSA) is 78.9 Å². The Morgan fingerprint density at radius 2 is 2.15 bits per heavy atom. The van der Waals surface area contributed by atoms with E-state index in [0.717, 1.165) is 6.07 Å². The lowest BCUT2D eigenvalue weighted by molar-refractivity contribution is -0.157. The Bertz CT molecular complexity index is 220. The van der Waals surface area contributed by atoms with Crippen molar-refractivity contribution >= 4 is 5.91 Å². The molecule has 1 unspecified atom stereocenters. The van der Waals surface area contributed by atoms with Gasteiger partial charge in [0, 0.05) is 6.54 Å². The lowest BCUT2D eigenvalue weighted by Gasteiger charge is -2.12. The van der Waals surface area contributed by atoms with E-state index in [9.17, 15) is 18.0 Å². The third-order valence-corrected chi connectivity index (χ3v) is 1.20. The Morgan fingerprint density at radius 3 is 2.46 bits per heavy atom. The molecule has 0 aliphatic carbocycles. The molecule has 0 aromatic rings. The molecule has 7 heteroatoms. The highest BCUT2D eigenvalue weighted by molar-refractivity contribution is 5.75. The highest BCUT2D eigenvalue weighted by atomic mass is 19.4. The largest absolute Gasteiger partial charge is 0.405 e. The SMILES string of the molecule is N#CC(CNCC(N)=O)C(F)(F)F. The summed E-state index contributed by atoms with van der Waals surface area (Å²) in [6, 6.07) is 1.08. The first-order chi connectivity index (χ1) is 5.88. The van der Waals surface area contributed by atoms with Crippen molar-refractivity contribution in [2.75, 3.05) is 13.1 Å². The molecule has 0 radical (unpaired) electrons. The monoisotopic (exact) mass is 195 g/mol. The minimum Gasteiger partial charge on any atom is -0.369 e. The zero-order chi connectivity index (χ0) is 10.5. The van der Waals surface area contributed by atoms with Crippen LogP contribution in [0.5, 0.6) is 0 Å². The summed E-state index contributed by atoms with van der Waals surface area (Å²) in [5, 5.41) is 10.2. The van der Waals surface area contributed by atoms with Crippen molar-refractivity contribution in [3.8, 4) is 6.07 Å². The van der Waals surface area contributed by atoms with Gasteiger partial charge in [-0.05, 0) is 0 Å². The van der Waals surface area contributed by atoms with Crippen molar-refractivity contribution in [1.29, 1.82) is 5.26 Å². The summed E-state index contributed by atoms with van der Waals surface area (Å²) in [6.45, 7) is -0.989. The molecule has 3 N–H and O–H groups in total. The van der Waals surface area contributed by atoms with Gasteiger partial charge in [-0.1, -0.05) is 0 Å². The number of alkyl halides is 3. The van der Waals surface area contributed by atoms with Crippen LogP contribution in [0.4, 0.5) is 13.2 Å². The van der Waals surface area contributed by atoms with Crippen molar-refractivity contribution in [2.24, 2.45) is 11.7 Å². The van der Waals surface area contributed by atoms with Crippen molar-refractivity contribution < 1.29 is 18.0 Å². The molecule has 0 bridgehead atoms. The second-order valence-corrected chi connectivity index (χ2v) is 2.32. The number of nitrogens with two attached hydrogens (primary N) is 1. The summed E-state index contributed by atoms with van der Waals surface area (Å²) in [4.78, 5) is 10.1. The minimum atomic E-state index is -4.57. The van der Waals surface area contributed by atoms with E-state index in [4.69, 9.17) is 5.26 Å². The van der Waals surface area contributed by atoms with Crippen LogP contribution in [0.15, 0.2) is 0 Å². The molecular formula is C6H8F3N3O. The van der Waals surface area contributed by atoms with Crippen molar-refractivity contribution in [1.82, 2.24) is 5.32 Å². The minimum absolute atomic E-state index is 0.367. The number of rotatable bonds is 4. The first-order valence-electron chi connectivity index (χ1n) is 3.33. The van der Waals surface area contributed by atoms with Gasteiger partial charge >= 0.3 is 6.18 Å². The van der Waals surface area contributed by atoms with Gasteiger partial charge in [-0.25, -0.2) is 0 Å². The van der Waals surface area contributed by atoms with E-state index in [1.165, 1.54) is 0 Å². The van der Waals surface area contributed by atoms with Crippen LogP contribution in [0.2, 0.25) is 0 Å². The molecule has 0 saturated carbocycles. The molecule has 74 valence electrons. The fraction of sp³-hybridized carbons (Fsp3) is 0.667. The van der Waals surface area contributed by atoms with Crippen LogP contribution in [0.25, 0.3) is 0 Å². The standard InChI is InChI=1S/C6H8F3N3O/c7-6(8,9)4(1-10)2-12-3-5(11)13/h4,12H,2-3H2,(H2,11,13). The van der Waals surface area contributed by atoms with Crippen LogP contribution in [0, 0.1) is 17.2 Å². The van der Waals surface area contributed by atoms with Crippen LogP contribution in [0.1, 0.15) is 0 Å². The summed E-state index contributed by atoms with van der Waals surface area (Å²) in [5.74, 6) is -2.87. The maximum absolute atomic E-state index is 11.9. The Morgan fingerprint density at radius 1 is 1.62 bits per heavy atom. The number of nitrogens with one attached hydrogen (secondary N) is 1. The molecule has 0 aromatic carbocycles. The van der Waals surface area contributed by atoms with E-state index < -0.39 is 24.5 Å². The average molecular weight is 195 g/mol. The number of primary amides is 1. The summed E-state index contributed by atoms with van der Waals surface area (Å²) in [5.41, 5.74) is 4.66. The summed E-state index contributed by atoms with van der Waals surface area (Å²) in [6.07, 6.45) is -4.57. The number of hydrogen-bond acceptors (Lipinski definition) is 3. The third kappa shape index (κ3) is 5.03. The van der Waals surface area contributed by atoms with E-state index in [0.29, 0.717) is 0 Å². The normalized spacial score (nSPS) is 13.4. The van der Waals surface area contributed by atoms with E-state index in [2.05, 4.69) is 11.1 Å². The smallest absolute Gasteiger partial charge is 0.369 e. The van der Waals surface area contributed by atoms with Crippen molar-refractivity contribution in [3.63, 3.8) is 0 Å². The molecule has 0 aliphatic heterocycles. The third-order valence-electron chi connectivity index (χ3n) is 1.20. The first-order valence-corrected chi connectivity index (χ1v) is 3.33. The van der Waals surface area contributed by atoms with Gasteiger partial charge in [0.05, 0.1) is 12.6 Å². The van der Waals surface area contributed by atoms with Gasteiger partial charge in [0.15, 0.2) is 5.92 Å². The number of halogens is 3. The molecule has 0 aliphatic rings. The fourth-order valence-corrected chi connectivity index (χ4v) is 0.574. The molecule has 0 heterocycles. The Labute approximate surface area is 72.5 Å². The Balaban J connectivity index is 3.89. The number of nitrogens with zero attached hydrogens (tertiary/aromatic N) is 1. The predicted octanol–water partition coefficient (Wildman–Crippen LogP) is -0.237. The average Bonchev–Trinajstić information content (AvgIpc) is 1.95. The van der Waals surface area contributed by atoms with Crippen molar-refractivity contribution in [2.45, 2.75) is 6.18 Å². The molecule has 0 rings (SSSR count). The highest BCUT2D eigenvalue weighted by Gasteiger charge is 2.39. The van der Waals surface area contributed by atoms with E-state index in [1.54, 1.807) is 0 Å². The van der Waals surface area contributed by atoms with Crippen LogP contribution < -0.4 is 11.1 Å². The molecule has 1 atom stereocenters. The highest BCUT2D eigenvalue weighted by Crippen LogP contribution is 2.24. The second-order valence-electron chi connectivity index (χ2n) is 2.32. The van der Waals surface area contributed by atoms with Crippen LogP contribution in [-0.2, 0) is 4.79 Å². The van der Waals surface area contributed by atoms with Crippen molar-refractivity contribution in [3.05, 3.63) is 0 Å². The summed E-state index contributed by atoms with van der Waals surface area (Å²) in [7, 11) is 0. The Kier molecular flexibility index (Phi) is 4.20. The van der Waals surface area contributed by atoms with Gasteiger partial charge in [0.2, 0.25) is 5.91 Å². The van der Waals surface area contributed by atoms with Crippen LogP contribution in [-0.4, -0.2) is 25.2 Å². The molecule has 0 aromatic heterocycles. The number of carbonyl (C=O) groups excluding carboxylic acids is 1. The lowest BCUT2D eigenvalue weighted by Crippen LogP contribution is -2.36. The van der Waals surface area contributed by atoms with Gasteiger partial charge in [0.1, 0.15) is 0 Å². The number of carbonyl (C=O) groups is 1. The van der Waals surface area contributed by atoms with Gasteiger partial charge in [-0.2, -0.15) is 18.4 Å². The maximum Gasteiger partial charge on any atom is 0.405 e. The number of nitriles is 1. The molecule has 0 spiro atoms. The fourth-order valence-electron chi connectivity index (χ4n) is 0.574. The molecule has 4 nitrogen and oxygen atoms in total.